The maximum absolute atomic E-state index is 12.9. The summed E-state index contributed by atoms with van der Waals surface area (Å²) in [6.07, 6.45) is 5.40. The number of benzene rings is 1. The Hall–Kier alpha value is -2.61. The molecule has 2 heterocycles. The number of nitrogens with one attached hydrogen (secondary N) is 1. The van der Waals surface area contributed by atoms with E-state index in [2.05, 4.69) is 20.4 Å². The quantitative estimate of drug-likeness (QED) is 0.745. The first kappa shape index (κ1) is 16.3. The molecule has 6 nitrogen and oxygen atoms in total. The third kappa shape index (κ3) is 4.23. The number of amides is 1. The highest BCUT2D eigenvalue weighted by molar-refractivity contribution is 7.15. The van der Waals surface area contributed by atoms with Crippen molar-refractivity contribution in [1.82, 2.24) is 19.7 Å². The minimum absolute atomic E-state index is 0.117. The lowest BCUT2D eigenvalue weighted by atomic mass is 10.1. The highest BCUT2D eigenvalue weighted by Gasteiger charge is 2.15. The second-order valence-electron chi connectivity index (χ2n) is 5.44. The molecule has 24 heavy (non-hydrogen) atoms. The Morgan fingerprint density at radius 1 is 1.38 bits per heavy atom. The smallest absolute Gasteiger partial charge is 0.230 e. The predicted octanol–water partition coefficient (Wildman–Crippen LogP) is 2.74. The van der Waals surface area contributed by atoms with Gasteiger partial charge < -0.3 is 5.32 Å². The van der Waals surface area contributed by atoms with Gasteiger partial charge in [0.1, 0.15) is 18.5 Å². The maximum Gasteiger partial charge on any atom is 0.230 e. The number of halogens is 1. The molecule has 0 radical (unpaired) electrons. The molecule has 3 aromatic rings. The first-order chi connectivity index (χ1) is 11.6. The standard InChI is InChI=1S/C16H16FN5OS/c1-11(8-22-10-18-9-20-22)15(23)21-16-19-7-14(24-16)6-12-2-4-13(17)5-3-12/h2-5,7,9-11H,6,8H2,1H3,(H,19,21,23)/t11-/m1/s1. The number of hydrogen-bond donors (Lipinski definition) is 1. The van der Waals surface area contributed by atoms with Gasteiger partial charge in [0.2, 0.25) is 5.91 Å². The van der Waals surface area contributed by atoms with Gasteiger partial charge in [0.05, 0.1) is 12.5 Å². The third-order valence-corrected chi connectivity index (χ3v) is 4.36. The Labute approximate surface area is 142 Å². The Balaban J connectivity index is 1.57. The number of thiazole rings is 1. The fraction of sp³-hybridized carbons (Fsp3) is 0.250. The van der Waals surface area contributed by atoms with Crippen molar-refractivity contribution in [2.45, 2.75) is 19.9 Å². The van der Waals surface area contributed by atoms with Gasteiger partial charge in [0, 0.05) is 17.5 Å². The topological polar surface area (TPSA) is 72.7 Å². The van der Waals surface area contributed by atoms with E-state index in [1.165, 1.54) is 29.8 Å². The Bertz CT molecular complexity index is 800. The summed E-state index contributed by atoms with van der Waals surface area (Å²) in [6.45, 7) is 2.28. The van der Waals surface area contributed by atoms with E-state index in [1.54, 1.807) is 29.3 Å². The van der Waals surface area contributed by atoms with Gasteiger partial charge in [0.25, 0.3) is 0 Å². The van der Waals surface area contributed by atoms with Crippen LogP contribution in [-0.2, 0) is 17.8 Å². The molecule has 2 aromatic heterocycles. The molecule has 1 atom stereocenters. The summed E-state index contributed by atoms with van der Waals surface area (Å²) in [5, 5.41) is 7.36. The fourth-order valence-corrected chi connectivity index (χ4v) is 3.02. The van der Waals surface area contributed by atoms with Crippen LogP contribution in [0.5, 0.6) is 0 Å². The highest BCUT2D eigenvalue weighted by Crippen LogP contribution is 2.22. The average Bonchev–Trinajstić information content (AvgIpc) is 3.22. The molecule has 3 rings (SSSR count). The molecule has 0 saturated carbocycles. The van der Waals surface area contributed by atoms with Gasteiger partial charge in [-0.3, -0.25) is 9.48 Å². The van der Waals surface area contributed by atoms with Crippen molar-refractivity contribution in [3.05, 3.63) is 59.4 Å². The van der Waals surface area contributed by atoms with Gasteiger partial charge in [-0.25, -0.2) is 14.4 Å². The molecule has 1 N–H and O–H groups in total. The van der Waals surface area contributed by atoms with Gasteiger partial charge in [-0.2, -0.15) is 5.10 Å². The van der Waals surface area contributed by atoms with E-state index in [-0.39, 0.29) is 17.6 Å². The molecule has 1 amide bonds. The number of anilines is 1. The van der Waals surface area contributed by atoms with Crippen molar-refractivity contribution < 1.29 is 9.18 Å². The molecule has 0 aliphatic carbocycles. The zero-order valence-electron chi connectivity index (χ0n) is 13.0. The second-order valence-corrected chi connectivity index (χ2v) is 6.56. The predicted molar refractivity (Wildman–Crippen MR) is 89.1 cm³/mol. The lowest BCUT2D eigenvalue weighted by Gasteiger charge is -2.09. The molecule has 0 saturated heterocycles. The van der Waals surface area contributed by atoms with Crippen LogP contribution in [0.25, 0.3) is 0 Å². The van der Waals surface area contributed by atoms with E-state index in [0.29, 0.717) is 18.1 Å². The zero-order chi connectivity index (χ0) is 16.9. The van der Waals surface area contributed by atoms with Crippen molar-refractivity contribution in [3.63, 3.8) is 0 Å². The third-order valence-electron chi connectivity index (χ3n) is 3.45. The monoisotopic (exact) mass is 345 g/mol. The molecular formula is C16H16FN5OS. The lowest BCUT2D eigenvalue weighted by Crippen LogP contribution is -2.24. The van der Waals surface area contributed by atoms with Crippen LogP contribution in [0.2, 0.25) is 0 Å². The largest absolute Gasteiger partial charge is 0.302 e. The van der Waals surface area contributed by atoms with Crippen molar-refractivity contribution in [1.29, 1.82) is 0 Å². The number of carbonyl (C=O) groups excluding carboxylic acids is 1. The molecule has 0 bridgehead atoms. The summed E-state index contributed by atoms with van der Waals surface area (Å²) in [4.78, 5) is 21.3. The average molecular weight is 345 g/mol. The van der Waals surface area contributed by atoms with E-state index in [4.69, 9.17) is 0 Å². The van der Waals surface area contributed by atoms with Crippen molar-refractivity contribution >= 4 is 22.4 Å². The van der Waals surface area contributed by atoms with E-state index in [0.717, 1.165) is 10.4 Å². The number of rotatable bonds is 6. The number of nitrogens with zero attached hydrogens (tertiary/aromatic N) is 4. The number of carbonyl (C=O) groups is 1. The summed E-state index contributed by atoms with van der Waals surface area (Å²) in [5.41, 5.74) is 0.998. The molecule has 0 spiro atoms. The van der Waals surface area contributed by atoms with Crippen LogP contribution in [0.4, 0.5) is 9.52 Å². The lowest BCUT2D eigenvalue weighted by molar-refractivity contribution is -0.119. The Kier molecular flexibility index (Phi) is 4.95. The molecule has 0 unspecified atom stereocenters. The van der Waals surface area contributed by atoms with Crippen LogP contribution in [0.1, 0.15) is 17.4 Å². The first-order valence-electron chi connectivity index (χ1n) is 7.42. The molecule has 124 valence electrons. The molecular weight excluding hydrogens is 329 g/mol. The number of aromatic nitrogens is 4. The molecule has 8 heteroatoms. The minimum Gasteiger partial charge on any atom is -0.302 e. The second kappa shape index (κ2) is 7.31. The minimum atomic E-state index is -0.254. The molecule has 0 aliphatic heterocycles. The summed E-state index contributed by atoms with van der Waals surface area (Å²) >= 11 is 1.41. The van der Waals surface area contributed by atoms with Gasteiger partial charge >= 0.3 is 0 Å². The van der Waals surface area contributed by atoms with Crippen LogP contribution in [0, 0.1) is 11.7 Å². The summed E-state index contributed by atoms with van der Waals surface area (Å²) < 4.78 is 14.5. The van der Waals surface area contributed by atoms with Crippen molar-refractivity contribution in [3.8, 4) is 0 Å². The van der Waals surface area contributed by atoms with Crippen molar-refractivity contribution in [2.24, 2.45) is 5.92 Å². The van der Waals surface area contributed by atoms with E-state index >= 15 is 0 Å². The van der Waals surface area contributed by atoms with Gasteiger partial charge in [-0.15, -0.1) is 11.3 Å². The van der Waals surface area contributed by atoms with Crippen LogP contribution < -0.4 is 5.32 Å². The molecule has 0 fully saturated rings. The van der Waals surface area contributed by atoms with Crippen LogP contribution in [-0.4, -0.2) is 25.7 Å². The Morgan fingerprint density at radius 3 is 2.88 bits per heavy atom. The van der Waals surface area contributed by atoms with E-state index in [1.807, 2.05) is 6.92 Å². The van der Waals surface area contributed by atoms with Gasteiger partial charge in [0.15, 0.2) is 5.13 Å². The maximum atomic E-state index is 12.9. The first-order valence-corrected chi connectivity index (χ1v) is 8.24. The van der Waals surface area contributed by atoms with Crippen LogP contribution in [0.15, 0.2) is 43.1 Å². The highest BCUT2D eigenvalue weighted by atomic mass is 32.1. The summed E-state index contributed by atoms with van der Waals surface area (Å²) in [6, 6.07) is 6.36. The molecule has 0 aliphatic rings. The fourth-order valence-electron chi connectivity index (χ4n) is 2.17. The van der Waals surface area contributed by atoms with E-state index < -0.39 is 0 Å². The van der Waals surface area contributed by atoms with Gasteiger partial charge in [-0.05, 0) is 17.7 Å². The molecule has 1 aromatic carbocycles. The zero-order valence-corrected chi connectivity index (χ0v) is 13.8. The van der Waals surface area contributed by atoms with E-state index in [9.17, 15) is 9.18 Å². The van der Waals surface area contributed by atoms with Crippen molar-refractivity contribution in [2.75, 3.05) is 5.32 Å². The van der Waals surface area contributed by atoms with Gasteiger partial charge in [-0.1, -0.05) is 19.1 Å². The number of hydrogen-bond acceptors (Lipinski definition) is 5. The Morgan fingerprint density at radius 2 is 2.17 bits per heavy atom. The van der Waals surface area contributed by atoms with Crippen LogP contribution in [0.3, 0.4) is 0 Å². The normalized spacial score (nSPS) is 12.1. The SMILES string of the molecule is C[C@H](Cn1cncn1)C(=O)Nc1ncc(Cc2ccc(F)cc2)s1. The summed E-state index contributed by atoms with van der Waals surface area (Å²) in [7, 11) is 0. The van der Waals surface area contributed by atoms with Crippen LogP contribution >= 0.6 is 11.3 Å². The summed E-state index contributed by atoms with van der Waals surface area (Å²) in [5.74, 6) is -0.623.